The Morgan fingerprint density at radius 3 is 2.77 bits per heavy atom. The van der Waals surface area contributed by atoms with E-state index in [-0.39, 0.29) is 23.3 Å². The summed E-state index contributed by atoms with van der Waals surface area (Å²) in [7, 11) is 1.51. The number of fused-ring (bicyclic) bond motifs is 1. The molecule has 2 aromatic heterocycles. The molecule has 152 valence electrons. The molecule has 0 spiro atoms. The summed E-state index contributed by atoms with van der Waals surface area (Å²) in [5.74, 6) is 0.317. The van der Waals surface area contributed by atoms with Crippen LogP contribution in [-0.2, 0) is 0 Å². The molecular formula is C21H21ClN8. The first kappa shape index (κ1) is 21.0. The molecule has 1 atom stereocenters. The van der Waals surface area contributed by atoms with E-state index in [1.165, 1.54) is 7.05 Å². The molecule has 30 heavy (non-hydrogen) atoms. The van der Waals surface area contributed by atoms with Gasteiger partial charge < -0.3 is 11.1 Å². The Morgan fingerprint density at radius 2 is 2.13 bits per heavy atom. The summed E-state index contributed by atoms with van der Waals surface area (Å²) in [5, 5.41) is 17.9. The van der Waals surface area contributed by atoms with Gasteiger partial charge in [0.1, 0.15) is 23.3 Å². The molecule has 0 bridgehead atoms. The average molecular weight is 421 g/mol. The molecule has 0 aliphatic heterocycles. The third kappa shape index (κ3) is 3.88. The summed E-state index contributed by atoms with van der Waals surface area (Å²) >= 11 is 6.25. The summed E-state index contributed by atoms with van der Waals surface area (Å²) in [6, 6.07) is 11.6. The third-order valence-electron chi connectivity index (χ3n) is 4.70. The molecule has 0 radical (unpaired) electrons. The molecule has 1 aromatic carbocycles. The maximum atomic E-state index is 9.49. The number of hydrogen-bond acceptors (Lipinski definition) is 6. The topological polar surface area (TPSA) is 117 Å². The van der Waals surface area contributed by atoms with Crippen molar-refractivity contribution < 1.29 is 0 Å². The van der Waals surface area contributed by atoms with Crippen molar-refractivity contribution in [2.75, 3.05) is 7.05 Å². The van der Waals surface area contributed by atoms with E-state index in [0.717, 1.165) is 22.4 Å². The molecule has 0 saturated carbocycles. The fourth-order valence-electron chi connectivity index (χ4n) is 3.10. The summed E-state index contributed by atoms with van der Waals surface area (Å²) < 4.78 is 1.59. The quantitative estimate of drug-likeness (QED) is 0.360. The molecule has 3 rings (SSSR count). The molecular weight excluding hydrogens is 400 g/mol. The van der Waals surface area contributed by atoms with Crippen molar-refractivity contribution in [1.29, 1.82) is 5.26 Å². The number of halogens is 1. The Hall–Kier alpha value is -3.70. The van der Waals surface area contributed by atoms with Gasteiger partial charge in [-0.05, 0) is 32.2 Å². The van der Waals surface area contributed by atoms with Crippen LogP contribution in [0.3, 0.4) is 0 Å². The van der Waals surface area contributed by atoms with Crippen molar-refractivity contribution in [3.8, 4) is 17.3 Å². The van der Waals surface area contributed by atoms with Crippen LogP contribution in [0.15, 0.2) is 57.9 Å². The molecule has 0 fully saturated rings. The van der Waals surface area contributed by atoms with E-state index in [1.807, 2.05) is 50.2 Å². The second-order valence-electron chi connectivity index (χ2n) is 6.58. The molecule has 0 aliphatic carbocycles. The molecule has 2 heterocycles. The van der Waals surface area contributed by atoms with E-state index in [2.05, 4.69) is 27.0 Å². The second kappa shape index (κ2) is 8.76. The molecule has 0 aliphatic rings. The van der Waals surface area contributed by atoms with Crippen molar-refractivity contribution in [3.63, 3.8) is 0 Å². The minimum absolute atomic E-state index is 0.0762. The standard InChI is InChI=1S/C21H21ClN8/c1-12-7-5-6-8-14(12)19-15(9-18-27-11-17(22)30(18)29-19)13(2)28-21(26-4)16(10-23)20(24)25-3/h5-9,11,13,28H,4H2,1-3H3,(H2,24,25)/b21-16+/t13-/m0/s1. The highest BCUT2D eigenvalue weighted by Gasteiger charge is 2.20. The zero-order chi connectivity index (χ0) is 21.8. The smallest absolute Gasteiger partial charge is 0.155 e. The molecule has 3 aromatic rings. The number of nitriles is 1. The van der Waals surface area contributed by atoms with Gasteiger partial charge in [-0.2, -0.15) is 10.4 Å². The minimum atomic E-state index is -0.305. The van der Waals surface area contributed by atoms with Gasteiger partial charge in [0.05, 0.1) is 17.9 Å². The predicted molar refractivity (Wildman–Crippen MR) is 119 cm³/mol. The molecule has 0 unspecified atom stereocenters. The van der Waals surface area contributed by atoms with Gasteiger partial charge >= 0.3 is 0 Å². The molecule has 8 nitrogen and oxygen atoms in total. The van der Waals surface area contributed by atoms with E-state index in [9.17, 15) is 5.26 Å². The molecule has 0 amide bonds. The van der Waals surface area contributed by atoms with E-state index in [1.54, 1.807) is 10.7 Å². The maximum absolute atomic E-state index is 9.49. The van der Waals surface area contributed by atoms with Crippen LogP contribution in [0, 0.1) is 18.3 Å². The first-order valence-electron chi connectivity index (χ1n) is 9.11. The van der Waals surface area contributed by atoms with Crippen LogP contribution in [0.2, 0.25) is 5.15 Å². The maximum Gasteiger partial charge on any atom is 0.155 e. The van der Waals surface area contributed by atoms with Gasteiger partial charge in [0.25, 0.3) is 0 Å². The lowest BCUT2D eigenvalue weighted by Crippen LogP contribution is -2.24. The predicted octanol–water partition coefficient (Wildman–Crippen LogP) is 3.43. The fraction of sp³-hybridized carbons (Fsp3) is 0.190. The lowest BCUT2D eigenvalue weighted by Gasteiger charge is -2.20. The fourth-order valence-corrected chi connectivity index (χ4v) is 3.28. The summed E-state index contributed by atoms with van der Waals surface area (Å²) in [6.07, 6.45) is 1.55. The Balaban J connectivity index is 2.18. The van der Waals surface area contributed by atoms with Crippen LogP contribution in [0.4, 0.5) is 0 Å². The molecule has 0 saturated heterocycles. The van der Waals surface area contributed by atoms with Crippen LogP contribution in [0.1, 0.15) is 24.1 Å². The van der Waals surface area contributed by atoms with Gasteiger partial charge in [-0.15, -0.1) is 0 Å². The Kier molecular flexibility index (Phi) is 6.14. The number of nitrogens with one attached hydrogen (secondary N) is 1. The number of nitrogens with zero attached hydrogens (tertiary/aromatic N) is 6. The van der Waals surface area contributed by atoms with Gasteiger partial charge in [-0.25, -0.2) is 14.5 Å². The average Bonchev–Trinajstić information content (AvgIpc) is 3.12. The second-order valence-corrected chi connectivity index (χ2v) is 6.97. The number of imidazole rings is 1. The first-order chi connectivity index (χ1) is 14.4. The van der Waals surface area contributed by atoms with Crippen LogP contribution in [-0.4, -0.2) is 34.2 Å². The number of rotatable bonds is 6. The summed E-state index contributed by atoms with van der Waals surface area (Å²) in [4.78, 5) is 12.1. The Labute approximate surface area is 179 Å². The third-order valence-corrected chi connectivity index (χ3v) is 4.96. The monoisotopic (exact) mass is 420 g/mol. The molecule has 3 N–H and O–H groups in total. The van der Waals surface area contributed by atoms with E-state index in [4.69, 9.17) is 22.4 Å². The SMILES string of the molecule is C=N/C(N[C@@H](C)c1cc2ncc(Cl)n2nc1-c1ccccc1C)=C(C#N)\C(N)=N/C. The molecule has 9 heteroatoms. The van der Waals surface area contributed by atoms with Crippen molar-refractivity contribution in [2.24, 2.45) is 15.7 Å². The summed E-state index contributed by atoms with van der Waals surface area (Å²) in [6.45, 7) is 7.50. The number of aromatic nitrogens is 3. The van der Waals surface area contributed by atoms with Crippen molar-refractivity contribution in [1.82, 2.24) is 19.9 Å². The summed E-state index contributed by atoms with van der Waals surface area (Å²) in [5.41, 5.74) is 10.2. The number of aliphatic imine (C=N–C) groups is 2. The first-order valence-corrected chi connectivity index (χ1v) is 9.49. The highest BCUT2D eigenvalue weighted by Crippen LogP contribution is 2.31. The zero-order valence-corrected chi connectivity index (χ0v) is 17.6. The lowest BCUT2D eigenvalue weighted by atomic mass is 9.98. The number of benzene rings is 1. The van der Waals surface area contributed by atoms with Gasteiger partial charge in [0.15, 0.2) is 10.8 Å². The highest BCUT2D eigenvalue weighted by molar-refractivity contribution is 6.29. The number of nitrogens with two attached hydrogens (primary N) is 1. The van der Waals surface area contributed by atoms with Crippen molar-refractivity contribution >= 4 is 29.8 Å². The van der Waals surface area contributed by atoms with Gasteiger partial charge in [0.2, 0.25) is 0 Å². The minimum Gasteiger partial charge on any atom is -0.383 e. The van der Waals surface area contributed by atoms with Crippen LogP contribution in [0.25, 0.3) is 16.9 Å². The van der Waals surface area contributed by atoms with Crippen molar-refractivity contribution in [3.05, 3.63) is 64.2 Å². The number of amidine groups is 1. The van der Waals surface area contributed by atoms with Gasteiger partial charge in [-0.1, -0.05) is 35.9 Å². The Bertz CT molecular complexity index is 1220. The highest BCUT2D eigenvalue weighted by atomic mass is 35.5. The van der Waals surface area contributed by atoms with Crippen LogP contribution < -0.4 is 11.1 Å². The Morgan fingerprint density at radius 1 is 1.40 bits per heavy atom. The number of aryl methyl sites for hydroxylation is 1. The van der Waals surface area contributed by atoms with Crippen LogP contribution >= 0.6 is 11.6 Å². The van der Waals surface area contributed by atoms with E-state index in [0.29, 0.717) is 10.8 Å². The van der Waals surface area contributed by atoms with Crippen molar-refractivity contribution in [2.45, 2.75) is 19.9 Å². The lowest BCUT2D eigenvalue weighted by molar-refractivity contribution is 0.643. The van der Waals surface area contributed by atoms with Gasteiger partial charge in [0, 0.05) is 18.2 Å². The van der Waals surface area contributed by atoms with Gasteiger partial charge in [-0.3, -0.25) is 4.99 Å². The zero-order valence-electron chi connectivity index (χ0n) is 16.9. The normalized spacial score (nSPS) is 13.5. The number of hydrogen-bond donors (Lipinski definition) is 2. The largest absolute Gasteiger partial charge is 0.383 e. The van der Waals surface area contributed by atoms with E-state index >= 15 is 0 Å². The van der Waals surface area contributed by atoms with Crippen LogP contribution in [0.5, 0.6) is 0 Å². The van der Waals surface area contributed by atoms with E-state index < -0.39 is 0 Å².